The summed E-state index contributed by atoms with van der Waals surface area (Å²) in [6.07, 6.45) is 0.790. The van der Waals surface area contributed by atoms with Crippen LogP contribution in [0.4, 0.5) is 13.6 Å². The molecule has 0 aliphatic carbocycles. The molecule has 2 unspecified atom stereocenters. The number of halogens is 2. The Bertz CT molecular complexity index is 543. The van der Waals surface area contributed by atoms with Gasteiger partial charge in [-0.2, -0.15) is 0 Å². The van der Waals surface area contributed by atoms with Crippen LogP contribution in [0.15, 0.2) is 18.2 Å². The highest BCUT2D eigenvalue weighted by Gasteiger charge is 2.27. The molecule has 2 rings (SSSR count). The summed E-state index contributed by atoms with van der Waals surface area (Å²) in [5.41, 5.74) is -0.142. The minimum Gasteiger partial charge on any atom is -0.444 e. The Labute approximate surface area is 129 Å². The summed E-state index contributed by atoms with van der Waals surface area (Å²) < 4.78 is 32.1. The quantitative estimate of drug-likeness (QED) is 0.881. The maximum absolute atomic E-state index is 13.9. The van der Waals surface area contributed by atoms with Gasteiger partial charge < -0.3 is 15.4 Å². The molecule has 1 aromatic rings. The molecule has 22 heavy (non-hydrogen) atoms. The molecule has 1 saturated heterocycles. The molecule has 0 saturated carbocycles. The zero-order valence-electron chi connectivity index (χ0n) is 13.1. The third-order valence-electron chi connectivity index (χ3n) is 3.46. The van der Waals surface area contributed by atoms with E-state index >= 15 is 0 Å². The van der Waals surface area contributed by atoms with Gasteiger partial charge in [-0.3, -0.25) is 0 Å². The van der Waals surface area contributed by atoms with Gasteiger partial charge in [0.2, 0.25) is 0 Å². The SMILES string of the molecule is CC(C)(C)OC(=O)NC1CCNC(c2ccc(F)cc2F)C1. The summed E-state index contributed by atoms with van der Waals surface area (Å²) in [4.78, 5) is 11.8. The van der Waals surface area contributed by atoms with Crippen LogP contribution < -0.4 is 10.6 Å². The molecule has 1 fully saturated rings. The van der Waals surface area contributed by atoms with Crippen molar-refractivity contribution >= 4 is 6.09 Å². The lowest BCUT2D eigenvalue weighted by Gasteiger charge is -2.32. The zero-order valence-corrected chi connectivity index (χ0v) is 13.1. The number of carbonyl (C=O) groups excluding carboxylic acids is 1. The maximum atomic E-state index is 13.9. The first-order valence-corrected chi connectivity index (χ1v) is 7.42. The number of alkyl carbamates (subject to hydrolysis) is 1. The highest BCUT2D eigenvalue weighted by atomic mass is 19.1. The lowest BCUT2D eigenvalue weighted by Crippen LogP contribution is -2.45. The lowest BCUT2D eigenvalue weighted by atomic mass is 9.93. The van der Waals surface area contributed by atoms with E-state index in [1.165, 1.54) is 12.1 Å². The summed E-state index contributed by atoms with van der Waals surface area (Å²) in [7, 11) is 0. The van der Waals surface area contributed by atoms with Crippen LogP contribution in [0.25, 0.3) is 0 Å². The van der Waals surface area contributed by atoms with Crippen molar-refractivity contribution in [2.45, 2.75) is 51.3 Å². The average molecular weight is 312 g/mol. The zero-order chi connectivity index (χ0) is 16.3. The van der Waals surface area contributed by atoms with E-state index in [-0.39, 0.29) is 12.1 Å². The van der Waals surface area contributed by atoms with Crippen LogP contribution in [-0.4, -0.2) is 24.3 Å². The predicted molar refractivity (Wildman–Crippen MR) is 79.5 cm³/mol. The standard InChI is InChI=1S/C16H22F2N2O2/c1-16(2,3)22-15(21)20-11-6-7-19-14(9-11)12-5-4-10(17)8-13(12)18/h4-5,8,11,14,19H,6-7,9H2,1-3H3,(H,20,21). The molecule has 0 radical (unpaired) electrons. The first-order valence-electron chi connectivity index (χ1n) is 7.42. The summed E-state index contributed by atoms with van der Waals surface area (Å²) in [5.74, 6) is -1.17. The fourth-order valence-electron chi connectivity index (χ4n) is 2.54. The van der Waals surface area contributed by atoms with Crippen molar-refractivity contribution in [1.29, 1.82) is 0 Å². The fourth-order valence-corrected chi connectivity index (χ4v) is 2.54. The molecule has 0 aromatic heterocycles. The molecule has 1 heterocycles. The van der Waals surface area contributed by atoms with Crippen LogP contribution in [0.5, 0.6) is 0 Å². The van der Waals surface area contributed by atoms with E-state index in [0.29, 0.717) is 18.5 Å². The maximum Gasteiger partial charge on any atom is 0.407 e. The third-order valence-corrected chi connectivity index (χ3v) is 3.46. The van der Waals surface area contributed by atoms with Gasteiger partial charge in [0.15, 0.2) is 0 Å². The van der Waals surface area contributed by atoms with Crippen LogP contribution >= 0.6 is 0 Å². The highest BCUT2D eigenvalue weighted by molar-refractivity contribution is 5.68. The largest absolute Gasteiger partial charge is 0.444 e. The second kappa shape index (κ2) is 6.60. The Kier molecular flexibility index (Phi) is 5.01. The third kappa shape index (κ3) is 4.66. The average Bonchev–Trinajstić information content (AvgIpc) is 2.36. The van der Waals surface area contributed by atoms with E-state index in [9.17, 15) is 13.6 Å². The van der Waals surface area contributed by atoms with Gasteiger partial charge in [-0.05, 0) is 46.2 Å². The van der Waals surface area contributed by atoms with Crippen LogP contribution in [0.3, 0.4) is 0 Å². The molecule has 1 aliphatic heterocycles. The number of amides is 1. The Hall–Kier alpha value is -1.69. The lowest BCUT2D eigenvalue weighted by molar-refractivity contribution is 0.0490. The van der Waals surface area contributed by atoms with Crippen molar-refractivity contribution in [3.63, 3.8) is 0 Å². The topological polar surface area (TPSA) is 50.4 Å². The molecule has 4 nitrogen and oxygen atoms in total. The Morgan fingerprint density at radius 2 is 2.09 bits per heavy atom. The van der Waals surface area contributed by atoms with Crippen LogP contribution in [0, 0.1) is 11.6 Å². The summed E-state index contributed by atoms with van der Waals surface area (Å²) in [5, 5.41) is 6.00. The van der Waals surface area contributed by atoms with Gasteiger partial charge in [0.1, 0.15) is 17.2 Å². The van der Waals surface area contributed by atoms with Gasteiger partial charge in [-0.1, -0.05) is 6.07 Å². The monoisotopic (exact) mass is 312 g/mol. The number of hydrogen-bond acceptors (Lipinski definition) is 3. The number of piperidine rings is 1. The van der Waals surface area contributed by atoms with Crippen molar-refractivity contribution in [3.8, 4) is 0 Å². The number of hydrogen-bond donors (Lipinski definition) is 2. The minimum absolute atomic E-state index is 0.106. The number of carbonyl (C=O) groups is 1. The highest BCUT2D eigenvalue weighted by Crippen LogP contribution is 2.26. The summed E-state index contributed by atoms with van der Waals surface area (Å²) >= 11 is 0. The van der Waals surface area contributed by atoms with E-state index < -0.39 is 23.3 Å². The number of ether oxygens (including phenoxy) is 1. The molecule has 2 N–H and O–H groups in total. The van der Waals surface area contributed by atoms with Crippen molar-refractivity contribution < 1.29 is 18.3 Å². The van der Waals surface area contributed by atoms with Crippen LogP contribution in [0.1, 0.15) is 45.2 Å². The van der Waals surface area contributed by atoms with Crippen LogP contribution in [0.2, 0.25) is 0 Å². The molecular formula is C16H22F2N2O2. The smallest absolute Gasteiger partial charge is 0.407 e. The molecule has 2 atom stereocenters. The second-order valence-corrected chi connectivity index (χ2v) is 6.54. The predicted octanol–water partition coefficient (Wildman–Crippen LogP) is 3.28. The molecule has 1 aromatic carbocycles. The van der Waals surface area contributed by atoms with Crippen molar-refractivity contribution in [1.82, 2.24) is 10.6 Å². The molecule has 1 amide bonds. The number of nitrogens with one attached hydrogen (secondary N) is 2. The molecular weight excluding hydrogens is 290 g/mol. The Morgan fingerprint density at radius 3 is 2.73 bits per heavy atom. The Balaban J connectivity index is 1.98. The fraction of sp³-hybridized carbons (Fsp3) is 0.562. The molecule has 6 heteroatoms. The number of benzene rings is 1. The molecule has 122 valence electrons. The van der Waals surface area contributed by atoms with Gasteiger partial charge in [0.25, 0.3) is 0 Å². The summed E-state index contributed by atoms with van der Waals surface area (Å²) in [6.45, 7) is 6.03. The number of rotatable bonds is 2. The first-order chi connectivity index (χ1) is 10.2. The van der Waals surface area contributed by atoms with E-state index in [1.54, 1.807) is 20.8 Å². The van der Waals surface area contributed by atoms with Gasteiger partial charge in [-0.15, -0.1) is 0 Å². The van der Waals surface area contributed by atoms with Crippen molar-refractivity contribution in [3.05, 3.63) is 35.4 Å². The molecule has 0 bridgehead atoms. The van der Waals surface area contributed by atoms with E-state index in [1.807, 2.05) is 0 Å². The van der Waals surface area contributed by atoms with Gasteiger partial charge in [0.05, 0.1) is 0 Å². The van der Waals surface area contributed by atoms with E-state index in [4.69, 9.17) is 4.74 Å². The molecule has 0 spiro atoms. The Morgan fingerprint density at radius 1 is 1.36 bits per heavy atom. The first kappa shape index (κ1) is 16.7. The van der Waals surface area contributed by atoms with Gasteiger partial charge in [0, 0.05) is 23.7 Å². The summed E-state index contributed by atoms with van der Waals surface area (Å²) in [6, 6.07) is 3.20. The van der Waals surface area contributed by atoms with Crippen molar-refractivity contribution in [2.24, 2.45) is 0 Å². The normalized spacial score (nSPS) is 22.2. The van der Waals surface area contributed by atoms with E-state index in [2.05, 4.69) is 10.6 Å². The van der Waals surface area contributed by atoms with Gasteiger partial charge >= 0.3 is 6.09 Å². The van der Waals surface area contributed by atoms with Crippen molar-refractivity contribution in [2.75, 3.05) is 6.54 Å². The molecule has 1 aliphatic rings. The van der Waals surface area contributed by atoms with Gasteiger partial charge in [-0.25, -0.2) is 13.6 Å². The second-order valence-electron chi connectivity index (χ2n) is 6.54. The van der Waals surface area contributed by atoms with Crippen LogP contribution in [-0.2, 0) is 4.74 Å². The van der Waals surface area contributed by atoms with E-state index in [0.717, 1.165) is 12.5 Å². The minimum atomic E-state index is -0.597.